The molecule has 20 heavy (non-hydrogen) atoms. The molecule has 0 amide bonds. The summed E-state index contributed by atoms with van der Waals surface area (Å²) in [4.78, 5) is 8.56. The number of para-hydroxylation sites is 1. The molecular weight excluding hydrogens is 250 g/mol. The van der Waals surface area contributed by atoms with Crippen LogP contribution >= 0.6 is 0 Å². The second-order valence-corrected chi connectivity index (χ2v) is 4.50. The van der Waals surface area contributed by atoms with Gasteiger partial charge in [-0.25, -0.2) is 4.98 Å². The quantitative estimate of drug-likeness (QED) is 0.677. The zero-order chi connectivity index (χ0) is 13.8. The van der Waals surface area contributed by atoms with Crippen molar-refractivity contribution in [2.45, 2.75) is 13.5 Å². The van der Waals surface area contributed by atoms with E-state index in [0.717, 1.165) is 23.0 Å². The largest absolute Gasteiger partial charge is 0.458 e. The van der Waals surface area contributed by atoms with Crippen molar-refractivity contribution in [2.24, 2.45) is 4.99 Å². The Hall–Kier alpha value is -2.62. The first-order valence-electron chi connectivity index (χ1n) is 6.47. The minimum absolute atomic E-state index is 0.686. The van der Waals surface area contributed by atoms with Crippen LogP contribution in [0.4, 0.5) is 5.69 Å². The second kappa shape index (κ2) is 5.57. The number of furan rings is 1. The van der Waals surface area contributed by atoms with E-state index >= 15 is 0 Å². The van der Waals surface area contributed by atoms with E-state index in [0.29, 0.717) is 6.54 Å². The van der Waals surface area contributed by atoms with E-state index in [1.54, 1.807) is 12.4 Å². The van der Waals surface area contributed by atoms with Gasteiger partial charge in [-0.05, 0) is 31.2 Å². The number of rotatable bonds is 4. The molecule has 0 bridgehead atoms. The van der Waals surface area contributed by atoms with E-state index in [9.17, 15) is 0 Å². The molecule has 0 atom stereocenters. The first-order chi connectivity index (χ1) is 9.81. The van der Waals surface area contributed by atoms with Crippen LogP contribution in [-0.4, -0.2) is 15.8 Å². The Morgan fingerprint density at radius 2 is 2.05 bits per heavy atom. The third-order valence-corrected chi connectivity index (χ3v) is 3.03. The van der Waals surface area contributed by atoms with Gasteiger partial charge in [0.2, 0.25) is 0 Å². The summed E-state index contributed by atoms with van der Waals surface area (Å²) in [7, 11) is 0. The summed E-state index contributed by atoms with van der Waals surface area (Å²) in [6.07, 6.45) is 5.46. The van der Waals surface area contributed by atoms with Gasteiger partial charge in [0.05, 0.1) is 18.4 Å². The number of aliphatic imine (C=N–C) groups is 1. The minimum Gasteiger partial charge on any atom is -0.458 e. The predicted octanol–water partition coefficient (Wildman–Crippen LogP) is 3.58. The van der Waals surface area contributed by atoms with Gasteiger partial charge >= 0.3 is 0 Å². The van der Waals surface area contributed by atoms with Crippen LogP contribution in [-0.2, 0) is 6.54 Å². The minimum atomic E-state index is 0.686. The Bertz CT molecular complexity index is 710. The van der Waals surface area contributed by atoms with Gasteiger partial charge in [-0.15, -0.1) is 0 Å². The fraction of sp³-hybridized carbons (Fsp3) is 0.125. The van der Waals surface area contributed by atoms with Gasteiger partial charge in [0.25, 0.3) is 0 Å². The number of nitrogens with zero attached hydrogens (tertiary/aromatic N) is 3. The van der Waals surface area contributed by atoms with E-state index in [1.165, 1.54) is 0 Å². The molecule has 0 N–H and O–H groups in total. The van der Waals surface area contributed by atoms with Crippen LogP contribution in [0, 0.1) is 6.92 Å². The molecular formula is C16H15N3O. The molecule has 0 unspecified atom stereocenters. The highest BCUT2D eigenvalue weighted by molar-refractivity contribution is 5.78. The van der Waals surface area contributed by atoms with Crippen molar-refractivity contribution in [3.8, 4) is 0 Å². The highest BCUT2D eigenvalue weighted by atomic mass is 16.3. The van der Waals surface area contributed by atoms with Gasteiger partial charge in [0, 0.05) is 12.4 Å². The average molecular weight is 265 g/mol. The summed E-state index contributed by atoms with van der Waals surface area (Å²) in [6.45, 7) is 2.66. The number of aryl methyl sites for hydroxylation is 1. The monoisotopic (exact) mass is 265 g/mol. The topological polar surface area (TPSA) is 43.3 Å². The van der Waals surface area contributed by atoms with Gasteiger partial charge in [-0.2, -0.15) is 0 Å². The Morgan fingerprint density at radius 1 is 1.20 bits per heavy atom. The lowest BCUT2D eigenvalue weighted by Gasteiger charge is -2.00. The fourth-order valence-electron chi connectivity index (χ4n) is 1.94. The van der Waals surface area contributed by atoms with E-state index in [1.807, 2.05) is 60.2 Å². The molecule has 0 saturated heterocycles. The lowest BCUT2D eigenvalue weighted by molar-refractivity contribution is 0.486. The number of hydrogen-bond donors (Lipinski definition) is 0. The first-order valence-corrected chi connectivity index (χ1v) is 6.47. The fourth-order valence-corrected chi connectivity index (χ4v) is 1.94. The van der Waals surface area contributed by atoms with Crippen LogP contribution in [0.3, 0.4) is 0 Å². The Balaban J connectivity index is 1.71. The Kier molecular flexibility index (Phi) is 3.46. The normalized spacial score (nSPS) is 11.2. The molecule has 0 saturated carbocycles. The van der Waals surface area contributed by atoms with Crippen LogP contribution in [0.15, 0.2) is 64.3 Å². The van der Waals surface area contributed by atoms with Crippen molar-refractivity contribution in [1.82, 2.24) is 9.55 Å². The Morgan fingerprint density at radius 3 is 2.80 bits per heavy atom. The molecule has 0 aliphatic rings. The molecule has 4 heteroatoms. The molecule has 0 radical (unpaired) electrons. The molecule has 0 fully saturated rings. The number of benzene rings is 1. The van der Waals surface area contributed by atoms with Crippen LogP contribution < -0.4 is 0 Å². The van der Waals surface area contributed by atoms with Gasteiger partial charge in [0.1, 0.15) is 17.3 Å². The third kappa shape index (κ3) is 2.85. The van der Waals surface area contributed by atoms with Gasteiger partial charge < -0.3 is 8.98 Å². The first kappa shape index (κ1) is 12.4. The van der Waals surface area contributed by atoms with Gasteiger partial charge in [-0.3, -0.25) is 4.99 Å². The maximum atomic E-state index is 5.74. The molecule has 3 rings (SSSR count). The van der Waals surface area contributed by atoms with Crippen molar-refractivity contribution < 1.29 is 4.42 Å². The van der Waals surface area contributed by atoms with Crippen LogP contribution in [0.2, 0.25) is 0 Å². The number of aromatic nitrogens is 2. The second-order valence-electron chi connectivity index (χ2n) is 4.50. The van der Waals surface area contributed by atoms with E-state index in [4.69, 9.17) is 4.42 Å². The average Bonchev–Trinajstić information content (AvgIpc) is 3.08. The number of hydrogen-bond acceptors (Lipinski definition) is 3. The molecule has 2 aromatic heterocycles. The molecule has 100 valence electrons. The van der Waals surface area contributed by atoms with Gasteiger partial charge in [0.15, 0.2) is 0 Å². The Labute approximate surface area is 117 Å². The van der Waals surface area contributed by atoms with Crippen molar-refractivity contribution in [2.75, 3.05) is 0 Å². The van der Waals surface area contributed by atoms with Crippen molar-refractivity contribution in [3.63, 3.8) is 0 Å². The molecule has 2 heterocycles. The van der Waals surface area contributed by atoms with E-state index < -0.39 is 0 Å². The summed E-state index contributed by atoms with van der Waals surface area (Å²) in [6, 6.07) is 13.7. The summed E-state index contributed by atoms with van der Waals surface area (Å²) in [5.41, 5.74) is 0.913. The molecule has 4 nitrogen and oxygen atoms in total. The van der Waals surface area contributed by atoms with Crippen molar-refractivity contribution >= 4 is 11.9 Å². The highest BCUT2D eigenvalue weighted by Crippen LogP contribution is 2.12. The van der Waals surface area contributed by atoms with Crippen LogP contribution in [0.25, 0.3) is 0 Å². The molecule has 0 aliphatic carbocycles. The lowest BCUT2D eigenvalue weighted by atomic mass is 10.3. The smallest absolute Gasteiger partial charge is 0.145 e. The zero-order valence-corrected chi connectivity index (χ0v) is 11.2. The molecule has 0 aliphatic heterocycles. The lowest BCUT2D eigenvalue weighted by Crippen LogP contribution is -1.99. The van der Waals surface area contributed by atoms with Crippen molar-refractivity contribution in [1.29, 1.82) is 0 Å². The zero-order valence-electron chi connectivity index (χ0n) is 11.2. The maximum Gasteiger partial charge on any atom is 0.145 e. The van der Waals surface area contributed by atoms with E-state index in [-0.39, 0.29) is 0 Å². The van der Waals surface area contributed by atoms with Crippen LogP contribution in [0.1, 0.15) is 17.3 Å². The highest BCUT2D eigenvalue weighted by Gasteiger charge is 2.03. The van der Waals surface area contributed by atoms with E-state index in [2.05, 4.69) is 9.98 Å². The summed E-state index contributed by atoms with van der Waals surface area (Å²) < 4.78 is 7.77. The molecule has 0 spiro atoms. The standard InChI is InChI=1S/C16H15N3O/c1-13-17-9-10-19(13)12-16-8-7-15(20-16)11-18-14-5-3-2-4-6-14/h2-11H,12H2,1H3/b18-11+. The molecule has 1 aromatic carbocycles. The third-order valence-electron chi connectivity index (χ3n) is 3.03. The SMILES string of the molecule is Cc1nccn1Cc1ccc(/C=N/c2ccccc2)o1. The summed E-state index contributed by atoms with van der Waals surface area (Å²) in [5, 5.41) is 0. The van der Waals surface area contributed by atoms with Gasteiger partial charge in [-0.1, -0.05) is 18.2 Å². The maximum absolute atomic E-state index is 5.74. The number of imidazole rings is 1. The van der Waals surface area contributed by atoms with Crippen molar-refractivity contribution in [3.05, 3.63) is 72.2 Å². The summed E-state index contributed by atoms with van der Waals surface area (Å²) >= 11 is 0. The predicted molar refractivity (Wildman–Crippen MR) is 78.5 cm³/mol. The van der Waals surface area contributed by atoms with Crippen LogP contribution in [0.5, 0.6) is 0 Å². The molecule has 3 aromatic rings. The summed E-state index contributed by atoms with van der Waals surface area (Å²) in [5.74, 6) is 2.61.